The number of thiazole rings is 1. The van der Waals surface area contributed by atoms with E-state index < -0.39 is 10.0 Å². The van der Waals surface area contributed by atoms with Gasteiger partial charge in [0, 0.05) is 30.2 Å². The third-order valence-corrected chi connectivity index (χ3v) is 6.94. The van der Waals surface area contributed by atoms with Crippen LogP contribution in [0.25, 0.3) is 10.2 Å². The summed E-state index contributed by atoms with van der Waals surface area (Å²) in [5.41, 5.74) is 1.95. The molecule has 0 saturated carbocycles. The number of anilines is 2. The van der Waals surface area contributed by atoms with E-state index >= 15 is 0 Å². The van der Waals surface area contributed by atoms with E-state index in [-0.39, 0.29) is 23.7 Å². The summed E-state index contributed by atoms with van der Waals surface area (Å²) < 4.78 is 28.0. The van der Waals surface area contributed by atoms with Crippen LogP contribution in [0.5, 0.6) is 0 Å². The molecule has 0 aliphatic rings. The van der Waals surface area contributed by atoms with E-state index in [1.54, 1.807) is 41.0 Å². The van der Waals surface area contributed by atoms with Gasteiger partial charge in [-0.1, -0.05) is 22.9 Å². The minimum absolute atomic E-state index is 0.0287. The monoisotopic (exact) mass is 467 g/mol. The second kappa shape index (κ2) is 9.20. The third-order valence-electron chi connectivity index (χ3n) is 4.55. The number of nitrogens with one attached hydrogen (secondary N) is 1. The van der Waals surface area contributed by atoms with E-state index in [1.807, 2.05) is 13.0 Å². The maximum Gasteiger partial charge on any atom is 0.308 e. The summed E-state index contributed by atoms with van der Waals surface area (Å²) in [5.74, 6) is -0.221. The second-order valence-corrected chi connectivity index (χ2v) is 10.1. The molecule has 0 fully saturated rings. The molecule has 1 N–H and O–H groups in total. The van der Waals surface area contributed by atoms with Crippen LogP contribution in [0.4, 0.5) is 11.4 Å². The Hall–Kier alpha value is -2.36. The number of sulfonamides is 1. The maximum atomic E-state index is 12.3. The SMILES string of the molecule is CCn1c(=O)sc2cc(NC(=O)CCCN(c3ccc(Cl)cc3)S(C)(=O)=O)ccc21. The van der Waals surface area contributed by atoms with Crippen LogP contribution < -0.4 is 14.5 Å². The molecule has 1 heterocycles. The Bertz CT molecular complexity index is 1220. The zero-order valence-electron chi connectivity index (χ0n) is 16.6. The van der Waals surface area contributed by atoms with Gasteiger partial charge in [0.2, 0.25) is 15.9 Å². The first-order valence-electron chi connectivity index (χ1n) is 9.35. The molecule has 3 aromatic rings. The standard InChI is InChI=1S/C20H22ClN3O4S2/c1-3-23-17-11-8-15(13-18(17)29-20(23)26)22-19(25)5-4-12-24(30(2,27)28)16-9-6-14(21)7-10-16/h6-11,13H,3-5,12H2,1-2H3,(H,22,25). The number of rotatable bonds is 8. The van der Waals surface area contributed by atoms with Crippen LogP contribution in [-0.2, 0) is 21.4 Å². The molecule has 30 heavy (non-hydrogen) atoms. The van der Waals surface area contributed by atoms with Gasteiger partial charge in [0.05, 0.1) is 22.2 Å². The van der Waals surface area contributed by atoms with Gasteiger partial charge in [-0.2, -0.15) is 0 Å². The number of aromatic nitrogens is 1. The summed E-state index contributed by atoms with van der Waals surface area (Å²) in [6, 6.07) is 11.9. The van der Waals surface area contributed by atoms with E-state index in [0.29, 0.717) is 29.4 Å². The lowest BCUT2D eigenvalue weighted by Crippen LogP contribution is -2.31. The number of hydrogen-bond donors (Lipinski definition) is 1. The number of carbonyl (C=O) groups excluding carboxylic acids is 1. The first kappa shape index (κ1) is 22.3. The molecule has 10 heteroatoms. The zero-order chi connectivity index (χ0) is 21.9. The summed E-state index contributed by atoms with van der Waals surface area (Å²) in [4.78, 5) is 24.3. The number of aryl methyl sites for hydroxylation is 1. The first-order valence-corrected chi connectivity index (χ1v) is 12.4. The van der Waals surface area contributed by atoms with Crippen LogP contribution in [0.1, 0.15) is 19.8 Å². The van der Waals surface area contributed by atoms with Crippen molar-refractivity contribution in [1.29, 1.82) is 0 Å². The Morgan fingerprint density at radius 1 is 1.20 bits per heavy atom. The van der Waals surface area contributed by atoms with Crippen molar-refractivity contribution in [3.63, 3.8) is 0 Å². The highest BCUT2D eigenvalue weighted by Crippen LogP contribution is 2.23. The molecule has 1 amide bonds. The molecular formula is C20H22ClN3O4S2. The Morgan fingerprint density at radius 3 is 2.53 bits per heavy atom. The van der Waals surface area contributed by atoms with Crippen molar-refractivity contribution in [3.8, 4) is 0 Å². The molecule has 0 unspecified atom stereocenters. The molecule has 160 valence electrons. The fourth-order valence-corrected chi connectivity index (χ4v) is 5.23. The van der Waals surface area contributed by atoms with Crippen molar-refractivity contribution in [2.75, 3.05) is 22.4 Å². The zero-order valence-corrected chi connectivity index (χ0v) is 19.0. The van der Waals surface area contributed by atoms with Crippen LogP contribution in [0.2, 0.25) is 5.02 Å². The molecule has 0 bridgehead atoms. The van der Waals surface area contributed by atoms with Crippen LogP contribution in [0, 0.1) is 0 Å². The molecule has 7 nitrogen and oxygen atoms in total. The van der Waals surface area contributed by atoms with E-state index in [4.69, 9.17) is 11.6 Å². The van der Waals surface area contributed by atoms with Gasteiger partial charge in [0.15, 0.2) is 0 Å². The normalized spacial score (nSPS) is 11.6. The van der Waals surface area contributed by atoms with Crippen molar-refractivity contribution in [3.05, 3.63) is 57.2 Å². The Balaban J connectivity index is 1.62. The van der Waals surface area contributed by atoms with Crippen LogP contribution in [0.3, 0.4) is 0 Å². The summed E-state index contributed by atoms with van der Waals surface area (Å²) in [5, 5.41) is 3.33. The molecule has 1 aromatic heterocycles. The summed E-state index contributed by atoms with van der Waals surface area (Å²) >= 11 is 7.01. The van der Waals surface area contributed by atoms with Gasteiger partial charge in [-0.3, -0.25) is 18.5 Å². The largest absolute Gasteiger partial charge is 0.326 e. The predicted molar refractivity (Wildman–Crippen MR) is 123 cm³/mol. The van der Waals surface area contributed by atoms with E-state index in [0.717, 1.165) is 27.8 Å². The van der Waals surface area contributed by atoms with E-state index in [2.05, 4.69) is 5.32 Å². The molecule has 3 rings (SSSR count). The number of nitrogens with zero attached hydrogens (tertiary/aromatic N) is 2. The third kappa shape index (κ3) is 5.21. The van der Waals surface area contributed by atoms with Crippen molar-refractivity contribution >= 4 is 60.5 Å². The predicted octanol–water partition coefficient (Wildman–Crippen LogP) is 3.92. The number of amides is 1. The van der Waals surface area contributed by atoms with Gasteiger partial charge in [-0.05, 0) is 55.8 Å². The molecule has 0 aliphatic heterocycles. The molecule has 0 atom stereocenters. The van der Waals surface area contributed by atoms with Gasteiger partial charge in [-0.25, -0.2) is 8.42 Å². The minimum Gasteiger partial charge on any atom is -0.326 e. The maximum absolute atomic E-state index is 12.3. The highest BCUT2D eigenvalue weighted by atomic mass is 35.5. The Labute approximate surface area is 183 Å². The topological polar surface area (TPSA) is 88.5 Å². The van der Waals surface area contributed by atoms with Crippen molar-refractivity contribution in [2.45, 2.75) is 26.3 Å². The minimum atomic E-state index is -3.49. The average molecular weight is 468 g/mol. The number of halogens is 1. The van der Waals surface area contributed by atoms with Gasteiger partial charge < -0.3 is 5.32 Å². The van der Waals surface area contributed by atoms with Crippen molar-refractivity contribution < 1.29 is 13.2 Å². The summed E-state index contributed by atoms with van der Waals surface area (Å²) in [7, 11) is -3.49. The van der Waals surface area contributed by atoms with Crippen LogP contribution in [-0.4, -0.2) is 31.7 Å². The van der Waals surface area contributed by atoms with E-state index in [9.17, 15) is 18.0 Å². The highest BCUT2D eigenvalue weighted by molar-refractivity contribution is 7.92. The Morgan fingerprint density at radius 2 is 1.90 bits per heavy atom. The quantitative estimate of drug-likeness (QED) is 0.543. The van der Waals surface area contributed by atoms with Gasteiger partial charge in [0.25, 0.3) is 0 Å². The number of carbonyl (C=O) groups is 1. The number of fused-ring (bicyclic) bond motifs is 1. The van der Waals surface area contributed by atoms with Gasteiger partial charge >= 0.3 is 4.87 Å². The molecule has 0 saturated heterocycles. The van der Waals surface area contributed by atoms with Gasteiger partial charge in [-0.15, -0.1) is 0 Å². The molecule has 2 aromatic carbocycles. The summed E-state index contributed by atoms with van der Waals surface area (Å²) in [6.07, 6.45) is 1.64. The second-order valence-electron chi connectivity index (χ2n) is 6.76. The van der Waals surface area contributed by atoms with Crippen LogP contribution in [0.15, 0.2) is 47.3 Å². The average Bonchev–Trinajstić information content (AvgIpc) is 2.99. The Kier molecular flexibility index (Phi) is 6.84. The molecule has 0 spiro atoms. The van der Waals surface area contributed by atoms with E-state index in [1.165, 1.54) is 4.31 Å². The number of benzene rings is 2. The molecule has 0 aliphatic carbocycles. The highest BCUT2D eigenvalue weighted by Gasteiger charge is 2.17. The molecule has 0 radical (unpaired) electrons. The summed E-state index contributed by atoms with van der Waals surface area (Å²) in [6.45, 7) is 2.68. The first-order chi connectivity index (χ1) is 14.2. The molecular weight excluding hydrogens is 446 g/mol. The smallest absolute Gasteiger partial charge is 0.308 e. The lowest BCUT2D eigenvalue weighted by Gasteiger charge is -2.22. The van der Waals surface area contributed by atoms with Crippen molar-refractivity contribution in [1.82, 2.24) is 4.57 Å². The lowest BCUT2D eigenvalue weighted by atomic mass is 10.2. The van der Waals surface area contributed by atoms with Crippen molar-refractivity contribution in [2.24, 2.45) is 0 Å². The fraction of sp³-hybridized carbons (Fsp3) is 0.300. The fourth-order valence-electron chi connectivity index (χ4n) is 3.14. The number of hydrogen-bond acceptors (Lipinski definition) is 5. The lowest BCUT2D eigenvalue weighted by molar-refractivity contribution is -0.116. The van der Waals surface area contributed by atoms with Gasteiger partial charge in [0.1, 0.15) is 0 Å². The van der Waals surface area contributed by atoms with Crippen LogP contribution >= 0.6 is 22.9 Å².